The van der Waals surface area contributed by atoms with E-state index < -0.39 is 0 Å². The normalized spacial score (nSPS) is 11.9. The number of hydrogen-bond acceptors (Lipinski definition) is 4. The summed E-state index contributed by atoms with van der Waals surface area (Å²) in [4.78, 5) is 21.0. The third-order valence-corrected chi connectivity index (χ3v) is 5.20. The van der Waals surface area contributed by atoms with Crippen molar-refractivity contribution in [2.45, 2.75) is 19.9 Å². The first-order chi connectivity index (χ1) is 14.9. The van der Waals surface area contributed by atoms with E-state index >= 15 is 0 Å². The zero-order chi connectivity index (χ0) is 22.0. The maximum Gasteiger partial charge on any atom is 0.255 e. The lowest BCUT2D eigenvalue weighted by atomic mass is 10.1. The van der Waals surface area contributed by atoms with Crippen molar-refractivity contribution in [1.29, 1.82) is 0 Å². The molecule has 1 aromatic heterocycles. The molecule has 0 unspecified atom stereocenters. The summed E-state index contributed by atoms with van der Waals surface area (Å²) in [6.07, 6.45) is 0. The fourth-order valence-corrected chi connectivity index (χ4v) is 3.50. The van der Waals surface area contributed by atoms with Crippen LogP contribution in [-0.4, -0.2) is 15.9 Å². The average Bonchev–Trinajstić information content (AvgIpc) is 2.75. The van der Waals surface area contributed by atoms with Gasteiger partial charge in [-0.1, -0.05) is 24.3 Å². The number of amides is 1. The Morgan fingerprint density at radius 3 is 2.42 bits per heavy atom. The van der Waals surface area contributed by atoms with Gasteiger partial charge in [-0.3, -0.25) is 4.79 Å². The van der Waals surface area contributed by atoms with Crippen LogP contribution in [0, 0.1) is 12.7 Å². The van der Waals surface area contributed by atoms with E-state index in [1.807, 2.05) is 56.3 Å². The van der Waals surface area contributed by atoms with E-state index in [0.717, 1.165) is 22.0 Å². The summed E-state index contributed by atoms with van der Waals surface area (Å²) in [5.74, 6) is -0.00779. The van der Waals surface area contributed by atoms with Gasteiger partial charge < -0.3 is 10.6 Å². The van der Waals surface area contributed by atoms with E-state index in [9.17, 15) is 9.18 Å². The van der Waals surface area contributed by atoms with E-state index in [-0.39, 0.29) is 23.0 Å². The third kappa shape index (κ3) is 4.64. The van der Waals surface area contributed by atoms with Crippen LogP contribution in [0.4, 0.5) is 15.9 Å². The number of fused-ring (bicyclic) bond motifs is 1. The summed E-state index contributed by atoms with van der Waals surface area (Å²) < 4.78 is 13.0. The summed E-state index contributed by atoms with van der Waals surface area (Å²) in [6.45, 7) is 4.00. The standard InChI is InChI=1S/C24H20ClFN4O/c1-14-4-3-5-20-21(14)29-24(25)30-22(20)27-15(2)16-8-12-19(13-9-16)28-23(31)17-6-10-18(26)11-7-17/h3-13,15H,1-2H3,(H,28,31)(H,27,29,30)/t15-/m0/s1. The van der Waals surface area contributed by atoms with Crippen molar-refractivity contribution in [2.24, 2.45) is 0 Å². The Bertz CT molecular complexity index is 1240. The van der Waals surface area contributed by atoms with Gasteiger partial charge in [0.25, 0.3) is 5.91 Å². The van der Waals surface area contributed by atoms with E-state index in [1.165, 1.54) is 24.3 Å². The highest BCUT2D eigenvalue weighted by Gasteiger charge is 2.13. The van der Waals surface area contributed by atoms with E-state index in [1.54, 1.807) is 0 Å². The molecule has 5 nitrogen and oxygen atoms in total. The molecule has 4 aromatic rings. The first-order valence-electron chi connectivity index (χ1n) is 9.77. The maximum absolute atomic E-state index is 13.0. The molecule has 0 bridgehead atoms. The zero-order valence-corrected chi connectivity index (χ0v) is 17.7. The molecule has 156 valence electrons. The van der Waals surface area contributed by atoms with Crippen LogP contribution in [0.3, 0.4) is 0 Å². The lowest BCUT2D eigenvalue weighted by Crippen LogP contribution is -2.12. The number of anilines is 2. The molecule has 0 fully saturated rings. The Hall–Kier alpha value is -3.51. The minimum atomic E-state index is -0.379. The minimum Gasteiger partial charge on any atom is -0.363 e. The largest absolute Gasteiger partial charge is 0.363 e. The summed E-state index contributed by atoms with van der Waals surface area (Å²) >= 11 is 6.13. The van der Waals surface area contributed by atoms with Gasteiger partial charge in [-0.05, 0) is 79.0 Å². The number of benzene rings is 3. The summed E-state index contributed by atoms with van der Waals surface area (Å²) in [5.41, 5.74) is 3.89. The zero-order valence-electron chi connectivity index (χ0n) is 17.0. The molecule has 0 radical (unpaired) electrons. The predicted octanol–water partition coefficient (Wildman–Crippen LogP) is 6.16. The number of para-hydroxylation sites is 1. The van der Waals surface area contributed by atoms with Crippen molar-refractivity contribution in [3.05, 3.63) is 94.5 Å². The molecule has 31 heavy (non-hydrogen) atoms. The lowest BCUT2D eigenvalue weighted by molar-refractivity contribution is 0.102. The second-order valence-electron chi connectivity index (χ2n) is 7.26. The molecule has 1 amide bonds. The average molecular weight is 435 g/mol. The SMILES string of the molecule is Cc1cccc2c(N[C@@H](C)c3ccc(NC(=O)c4ccc(F)cc4)cc3)nc(Cl)nc12. The van der Waals surface area contributed by atoms with Crippen LogP contribution in [0.15, 0.2) is 66.7 Å². The molecule has 3 aromatic carbocycles. The first-order valence-corrected chi connectivity index (χ1v) is 10.1. The Balaban J connectivity index is 1.49. The van der Waals surface area contributed by atoms with Crippen molar-refractivity contribution >= 4 is 39.9 Å². The number of nitrogens with zero attached hydrogens (tertiary/aromatic N) is 2. The molecule has 0 spiro atoms. The van der Waals surface area contributed by atoms with E-state index in [4.69, 9.17) is 11.6 Å². The second kappa shape index (κ2) is 8.70. The Morgan fingerprint density at radius 2 is 1.71 bits per heavy atom. The van der Waals surface area contributed by atoms with E-state index in [0.29, 0.717) is 17.1 Å². The molecule has 4 rings (SSSR count). The van der Waals surface area contributed by atoms with Gasteiger partial charge in [-0.15, -0.1) is 0 Å². The van der Waals surface area contributed by atoms with Gasteiger partial charge in [-0.2, -0.15) is 0 Å². The van der Waals surface area contributed by atoms with Crippen LogP contribution in [-0.2, 0) is 0 Å². The molecule has 0 aliphatic rings. The first kappa shape index (κ1) is 20.8. The van der Waals surface area contributed by atoms with Gasteiger partial charge in [0, 0.05) is 22.7 Å². The van der Waals surface area contributed by atoms with Crippen molar-refractivity contribution in [2.75, 3.05) is 10.6 Å². The van der Waals surface area contributed by atoms with Crippen LogP contribution in [0.5, 0.6) is 0 Å². The van der Waals surface area contributed by atoms with Crippen LogP contribution in [0.1, 0.15) is 34.5 Å². The summed E-state index contributed by atoms with van der Waals surface area (Å²) in [5, 5.41) is 7.31. The lowest BCUT2D eigenvalue weighted by Gasteiger charge is -2.17. The highest BCUT2D eigenvalue weighted by atomic mass is 35.5. The molecule has 0 aliphatic carbocycles. The van der Waals surface area contributed by atoms with Gasteiger partial charge in [0.05, 0.1) is 5.52 Å². The number of hydrogen-bond donors (Lipinski definition) is 2. The van der Waals surface area contributed by atoms with Crippen molar-refractivity contribution in [1.82, 2.24) is 9.97 Å². The van der Waals surface area contributed by atoms with Gasteiger partial charge in [0.2, 0.25) is 5.28 Å². The molecule has 7 heteroatoms. The number of carbonyl (C=O) groups excluding carboxylic acids is 1. The van der Waals surface area contributed by atoms with Crippen LogP contribution >= 0.6 is 11.6 Å². The molecular formula is C24H20ClFN4O. The molecule has 0 saturated carbocycles. The Labute approximate surface area is 184 Å². The topological polar surface area (TPSA) is 66.9 Å². The van der Waals surface area contributed by atoms with Gasteiger partial charge in [0.1, 0.15) is 11.6 Å². The molecule has 0 aliphatic heterocycles. The number of halogens is 2. The van der Waals surface area contributed by atoms with Crippen LogP contribution < -0.4 is 10.6 Å². The molecule has 0 saturated heterocycles. The fourth-order valence-electron chi connectivity index (χ4n) is 3.33. The van der Waals surface area contributed by atoms with E-state index in [2.05, 4.69) is 20.6 Å². The molecule has 2 N–H and O–H groups in total. The number of nitrogens with one attached hydrogen (secondary N) is 2. The minimum absolute atomic E-state index is 0.0588. The van der Waals surface area contributed by atoms with Gasteiger partial charge in [0.15, 0.2) is 0 Å². The Morgan fingerprint density at radius 1 is 1.00 bits per heavy atom. The van der Waals surface area contributed by atoms with Crippen LogP contribution in [0.25, 0.3) is 10.9 Å². The monoisotopic (exact) mass is 434 g/mol. The molecular weight excluding hydrogens is 415 g/mol. The van der Waals surface area contributed by atoms with Gasteiger partial charge in [-0.25, -0.2) is 14.4 Å². The highest BCUT2D eigenvalue weighted by Crippen LogP contribution is 2.28. The second-order valence-corrected chi connectivity index (χ2v) is 7.60. The quantitative estimate of drug-likeness (QED) is 0.369. The number of carbonyl (C=O) groups is 1. The molecule has 1 atom stereocenters. The summed E-state index contributed by atoms with van der Waals surface area (Å²) in [7, 11) is 0. The van der Waals surface area contributed by atoms with Gasteiger partial charge >= 0.3 is 0 Å². The van der Waals surface area contributed by atoms with Crippen molar-refractivity contribution < 1.29 is 9.18 Å². The third-order valence-electron chi connectivity index (χ3n) is 5.03. The summed E-state index contributed by atoms with van der Waals surface area (Å²) in [6, 6.07) is 18.8. The smallest absolute Gasteiger partial charge is 0.255 e. The maximum atomic E-state index is 13.0. The van der Waals surface area contributed by atoms with Crippen molar-refractivity contribution in [3.63, 3.8) is 0 Å². The Kier molecular flexibility index (Phi) is 5.82. The van der Waals surface area contributed by atoms with Crippen LogP contribution in [0.2, 0.25) is 5.28 Å². The number of aryl methyl sites for hydroxylation is 1. The van der Waals surface area contributed by atoms with Crippen molar-refractivity contribution in [3.8, 4) is 0 Å². The number of aromatic nitrogens is 2. The fraction of sp³-hybridized carbons (Fsp3) is 0.125. The molecule has 1 heterocycles. The number of rotatable bonds is 5. The highest BCUT2D eigenvalue weighted by molar-refractivity contribution is 6.28. The predicted molar refractivity (Wildman–Crippen MR) is 122 cm³/mol.